The molecule has 5 aliphatic rings. The molecule has 7 rings (SSSR count). The molecule has 0 amide bonds. The van der Waals surface area contributed by atoms with E-state index >= 15 is 0 Å². The highest BCUT2D eigenvalue weighted by Crippen LogP contribution is 2.77. The molecule has 9 heteroatoms. The number of ether oxygens (including phenoxy) is 3. The van der Waals surface area contributed by atoms with Gasteiger partial charge in [0.25, 0.3) is 0 Å². The smallest absolute Gasteiger partial charge is 0.419 e. The first-order valence-corrected chi connectivity index (χ1v) is 18.3. The summed E-state index contributed by atoms with van der Waals surface area (Å²) in [6.45, 7) is 18.2. The molecule has 0 spiro atoms. The fourth-order valence-corrected chi connectivity index (χ4v) is 13.1. The second-order valence-corrected chi connectivity index (χ2v) is 17.5. The summed E-state index contributed by atoms with van der Waals surface area (Å²) in [7, 11) is 1.77. The number of carbonyl (C=O) groups is 2. The Morgan fingerprint density at radius 3 is 2.19 bits per heavy atom. The number of rotatable bonds is 6. The van der Waals surface area contributed by atoms with E-state index in [0.717, 1.165) is 44.9 Å². The minimum atomic E-state index is -0.344. The Bertz CT molecular complexity index is 1520. The number of carbonyl (C=O) groups excluding carboxylic acids is 2. The van der Waals surface area contributed by atoms with Gasteiger partial charge in [-0.3, -0.25) is 0 Å². The van der Waals surface area contributed by atoms with Crippen LogP contribution < -0.4 is 0 Å². The molecule has 5 fully saturated rings. The van der Waals surface area contributed by atoms with E-state index in [4.69, 9.17) is 14.2 Å². The summed E-state index contributed by atoms with van der Waals surface area (Å²) in [5.74, 6) is 2.38. The summed E-state index contributed by atoms with van der Waals surface area (Å²) in [5, 5.41) is 0. The van der Waals surface area contributed by atoms with Crippen LogP contribution in [0.1, 0.15) is 98.8 Å². The van der Waals surface area contributed by atoms with E-state index in [1.165, 1.54) is 46.6 Å². The molecule has 2 aromatic rings. The molecular formula is C39H56N4O5. The van der Waals surface area contributed by atoms with Gasteiger partial charge in [0.1, 0.15) is 18.8 Å². The molecule has 2 heterocycles. The van der Waals surface area contributed by atoms with Crippen LogP contribution in [0.4, 0.5) is 9.59 Å². The van der Waals surface area contributed by atoms with Crippen molar-refractivity contribution >= 4 is 12.2 Å². The molecule has 0 aromatic carbocycles. The number of aromatic nitrogens is 4. The molecule has 0 saturated heterocycles. The van der Waals surface area contributed by atoms with E-state index in [9.17, 15) is 9.59 Å². The van der Waals surface area contributed by atoms with Crippen LogP contribution in [0, 0.1) is 56.7 Å². The third kappa shape index (κ3) is 4.87. The van der Waals surface area contributed by atoms with Gasteiger partial charge < -0.3 is 14.2 Å². The Balaban J connectivity index is 1.16. The molecule has 0 aliphatic heterocycles. The average Bonchev–Trinajstić information content (AvgIpc) is 3.84. The van der Waals surface area contributed by atoms with Crippen molar-refractivity contribution in [3.05, 3.63) is 49.6 Å². The van der Waals surface area contributed by atoms with Crippen LogP contribution in [-0.4, -0.2) is 57.7 Å². The van der Waals surface area contributed by atoms with Crippen molar-refractivity contribution in [3.8, 4) is 0 Å². The van der Waals surface area contributed by atoms with E-state index in [0.29, 0.717) is 42.8 Å². The first-order valence-electron chi connectivity index (χ1n) is 18.3. The molecule has 0 radical (unpaired) electrons. The van der Waals surface area contributed by atoms with Crippen LogP contribution in [0.15, 0.2) is 49.6 Å². The highest BCUT2D eigenvalue weighted by atomic mass is 16.6. The van der Waals surface area contributed by atoms with Gasteiger partial charge in [0, 0.05) is 42.7 Å². The van der Waals surface area contributed by atoms with E-state index in [1.54, 1.807) is 31.9 Å². The van der Waals surface area contributed by atoms with Crippen LogP contribution in [0.3, 0.4) is 0 Å². The highest BCUT2D eigenvalue weighted by molar-refractivity contribution is 5.70. The third-order valence-electron chi connectivity index (χ3n) is 15.6. The van der Waals surface area contributed by atoms with Crippen molar-refractivity contribution in [2.75, 3.05) is 20.3 Å². The maximum absolute atomic E-state index is 13.0. The van der Waals surface area contributed by atoms with Crippen LogP contribution in [0.2, 0.25) is 0 Å². The number of methoxy groups -OCH3 is 1. The lowest BCUT2D eigenvalue weighted by Gasteiger charge is -2.73. The highest BCUT2D eigenvalue weighted by Gasteiger charge is 2.71. The Labute approximate surface area is 286 Å². The molecule has 5 saturated carbocycles. The number of imidazole rings is 2. The van der Waals surface area contributed by atoms with E-state index in [2.05, 4.69) is 51.2 Å². The SMILES string of the molecule is C=C(COC)[C@@H]1CC[C@]2(COC(=O)n3ccnc3)CC[C@]3(C)[C@H](CC[C@@H]4[C@@]5(C)CC[C@H](OC(=O)n6ccnc6)C(C)(C)[C@@H]5CC[C@]43C)[C@@H]12. The van der Waals surface area contributed by atoms with Gasteiger partial charge in [0.15, 0.2) is 0 Å². The molecule has 10 atom stereocenters. The molecule has 0 N–H and O–H groups in total. The van der Waals surface area contributed by atoms with Crippen molar-refractivity contribution in [1.29, 1.82) is 0 Å². The molecule has 2 aromatic heterocycles. The zero-order chi connectivity index (χ0) is 34.1. The summed E-state index contributed by atoms with van der Waals surface area (Å²) in [6, 6.07) is 0. The van der Waals surface area contributed by atoms with Gasteiger partial charge in [-0.25, -0.2) is 28.7 Å². The average molecular weight is 661 g/mol. The van der Waals surface area contributed by atoms with Gasteiger partial charge in [-0.1, -0.05) is 41.2 Å². The number of fused-ring (bicyclic) bond motifs is 7. The minimum absolute atomic E-state index is 0.0504. The zero-order valence-electron chi connectivity index (χ0n) is 30.0. The zero-order valence-corrected chi connectivity index (χ0v) is 30.0. The first kappa shape index (κ1) is 33.6. The van der Waals surface area contributed by atoms with Crippen LogP contribution in [0.25, 0.3) is 0 Å². The Morgan fingerprint density at radius 1 is 0.812 bits per heavy atom. The van der Waals surface area contributed by atoms with E-state index in [-0.39, 0.29) is 45.4 Å². The maximum Gasteiger partial charge on any atom is 0.419 e. The molecule has 0 unspecified atom stereocenters. The fourth-order valence-electron chi connectivity index (χ4n) is 13.1. The second kappa shape index (κ2) is 11.8. The van der Waals surface area contributed by atoms with Gasteiger partial charge in [0.05, 0.1) is 13.2 Å². The molecular weight excluding hydrogens is 604 g/mol. The van der Waals surface area contributed by atoms with Crippen molar-refractivity contribution in [2.45, 2.75) is 105 Å². The molecule has 262 valence electrons. The van der Waals surface area contributed by atoms with Gasteiger partial charge in [-0.15, -0.1) is 0 Å². The summed E-state index contributed by atoms with van der Waals surface area (Å²) in [5.41, 5.74) is 1.54. The lowest BCUT2D eigenvalue weighted by atomic mass is 9.32. The fraction of sp³-hybridized carbons (Fsp3) is 0.744. The summed E-state index contributed by atoms with van der Waals surface area (Å²) in [6.07, 6.45) is 19.9. The van der Waals surface area contributed by atoms with Gasteiger partial charge in [-0.2, -0.15) is 0 Å². The number of nitrogens with zero attached hydrogens (tertiary/aromatic N) is 4. The number of hydrogen-bond acceptors (Lipinski definition) is 7. The Hall–Kier alpha value is -2.94. The van der Waals surface area contributed by atoms with E-state index in [1.807, 2.05) is 0 Å². The second-order valence-electron chi connectivity index (χ2n) is 17.5. The summed E-state index contributed by atoms with van der Waals surface area (Å²) >= 11 is 0. The predicted molar refractivity (Wildman–Crippen MR) is 182 cm³/mol. The van der Waals surface area contributed by atoms with Crippen molar-refractivity contribution in [2.24, 2.45) is 56.7 Å². The summed E-state index contributed by atoms with van der Waals surface area (Å²) in [4.78, 5) is 34.1. The van der Waals surface area contributed by atoms with Gasteiger partial charge >= 0.3 is 12.2 Å². The van der Waals surface area contributed by atoms with Crippen molar-refractivity contribution in [3.63, 3.8) is 0 Å². The standard InChI is InChI=1S/C39H56N4O5/c1-26(22-46-7)27-10-15-39(23-47-33(44)42-20-18-40-24-42)17-16-37(5)28(32(27)39)8-9-30-36(4)13-12-31(48-34(45)43-21-19-41-25-43)35(2,3)29(36)11-14-38(30,37)6/h18-21,24-25,27-32H,1,8-17,22-23H2,2-7H3/t27-,28+,29-,30+,31-,32+,36-,37+,38+,39+/m0/s1. The molecule has 9 nitrogen and oxygen atoms in total. The topological polar surface area (TPSA) is 97.5 Å². The first-order chi connectivity index (χ1) is 22.8. The minimum Gasteiger partial charge on any atom is -0.448 e. The van der Waals surface area contributed by atoms with Crippen LogP contribution in [-0.2, 0) is 14.2 Å². The molecule has 5 aliphatic carbocycles. The molecule has 0 bridgehead atoms. The molecule has 48 heavy (non-hydrogen) atoms. The van der Waals surface area contributed by atoms with Gasteiger partial charge in [0.2, 0.25) is 0 Å². The third-order valence-corrected chi connectivity index (χ3v) is 15.6. The van der Waals surface area contributed by atoms with Gasteiger partial charge in [-0.05, 0) is 116 Å². The lowest BCUT2D eigenvalue weighted by molar-refractivity contribution is -0.249. The van der Waals surface area contributed by atoms with Crippen molar-refractivity contribution < 1.29 is 23.8 Å². The maximum atomic E-state index is 13.0. The van der Waals surface area contributed by atoms with E-state index < -0.39 is 0 Å². The quantitative estimate of drug-likeness (QED) is 0.287. The lowest BCUT2D eigenvalue weighted by Crippen LogP contribution is -2.67. The predicted octanol–water partition coefficient (Wildman–Crippen LogP) is 8.40. The largest absolute Gasteiger partial charge is 0.448 e. The van der Waals surface area contributed by atoms with Crippen LogP contribution in [0.5, 0.6) is 0 Å². The normalized spacial score (nSPS) is 41.3. The summed E-state index contributed by atoms with van der Waals surface area (Å²) < 4.78 is 20.9. The Kier molecular flexibility index (Phi) is 8.28. The Morgan fingerprint density at radius 2 is 1.52 bits per heavy atom. The van der Waals surface area contributed by atoms with Crippen LogP contribution >= 0.6 is 0 Å². The van der Waals surface area contributed by atoms with Crippen molar-refractivity contribution in [1.82, 2.24) is 19.1 Å². The monoisotopic (exact) mass is 660 g/mol. The number of hydrogen-bond donors (Lipinski definition) is 0.